The maximum atomic E-state index is 13.0. The topological polar surface area (TPSA) is 26.0 Å². The van der Waals surface area contributed by atoms with Crippen LogP contribution in [0.4, 0.5) is 4.39 Å². The van der Waals surface area contributed by atoms with Gasteiger partial charge in [-0.2, -0.15) is 0 Å². The minimum Gasteiger partial charge on any atom is -0.327 e. The van der Waals surface area contributed by atoms with Gasteiger partial charge in [0.05, 0.1) is 0 Å². The van der Waals surface area contributed by atoms with E-state index in [0.717, 1.165) is 24.3 Å². The Hall–Kier alpha value is -0.600. The molecular weight excluding hydrogens is 261 g/mol. The molecule has 1 saturated carbocycles. The third-order valence-corrected chi connectivity index (χ3v) is 4.46. The Balaban J connectivity index is 1.87. The number of rotatable bonds is 4. The molecule has 1 aromatic rings. The van der Waals surface area contributed by atoms with Crippen LogP contribution in [-0.4, -0.2) is 6.04 Å². The second-order valence-electron chi connectivity index (χ2n) is 5.79. The zero-order valence-corrected chi connectivity index (χ0v) is 12.1. The van der Waals surface area contributed by atoms with Gasteiger partial charge in [-0.1, -0.05) is 56.2 Å². The monoisotopic (exact) mass is 283 g/mol. The molecule has 1 aromatic carbocycles. The van der Waals surface area contributed by atoms with Gasteiger partial charge in [0.2, 0.25) is 0 Å². The van der Waals surface area contributed by atoms with Crippen molar-refractivity contribution >= 4 is 11.6 Å². The van der Waals surface area contributed by atoms with Crippen LogP contribution in [0.5, 0.6) is 0 Å². The van der Waals surface area contributed by atoms with E-state index < -0.39 is 0 Å². The maximum Gasteiger partial charge on any atom is 0.124 e. The van der Waals surface area contributed by atoms with E-state index in [2.05, 4.69) is 0 Å². The molecule has 1 aliphatic rings. The van der Waals surface area contributed by atoms with Crippen LogP contribution in [0.3, 0.4) is 0 Å². The lowest BCUT2D eigenvalue weighted by Crippen LogP contribution is -2.26. The van der Waals surface area contributed by atoms with Gasteiger partial charge in [0, 0.05) is 11.1 Å². The summed E-state index contributed by atoms with van der Waals surface area (Å²) in [6.45, 7) is 0. The van der Waals surface area contributed by atoms with Crippen molar-refractivity contribution < 1.29 is 4.39 Å². The molecule has 0 spiro atoms. The van der Waals surface area contributed by atoms with Gasteiger partial charge in [-0.25, -0.2) is 4.39 Å². The molecular formula is C16H23ClFN. The van der Waals surface area contributed by atoms with E-state index in [0.29, 0.717) is 5.02 Å². The van der Waals surface area contributed by atoms with E-state index in [1.54, 1.807) is 6.07 Å². The van der Waals surface area contributed by atoms with Crippen LogP contribution in [0.2, 0.25) is 5.02 Å². The molecule has 0 heterocycles. The van der Waals surface area contributed by atoms with Gasteiger partial charge in [0.25, 0.3) is 0 Å². The van der Waals surface area contributed by atoms with Crippen LogP contribution in [0, 0.1) is 11.7 Å². The molecule has 1 atom stereocenters. The summed E-state index contributed by atoms with van der Waals surface area (Å²) in [6.07, 6.45) is 9.85. The van der Waals surface area contributed by atoms with Crippen molar-refractivity contribution in [3.05, 3.63) is 34.6 Å². The molecule has 0 saturated heterocycles. The highest BCUT2D eigenvalue weighted by molar-refractivity contribution is 6.31. The molecule has 0 aliphatic heterocycles. The summed E-state index contributed by atoms with van der Waals surface area (Å²) in [7, 11) is 0. The highest BCUT2D eigenvalue weighted by Gasteiger charge is 2.17. The molecule has 1 aliphatic carbocycles. The fourth-order valence-corrected chi connectivity index (χ4v) is 3.33. The summed E-state index contributed by atoms with van der Waals surface area (Å²) >= 11 is 6.05. The van der Waals surface area contributed by atoms with Crippen molar-refractivity contribution in [2.75, 3.05) is 0 Å². The molecule has 0 radical (unpaired) electrons. The third kappa shape index (κ3) is 4.77. The van der Waals surface area contributed by atoms with Crippen molar-refractivity contribution in [1.82, 2.24) is 0 Å². The number of nitrogens with two attached hydrogens (primary N) is 1. The summed E-state index contributed by atoms with van der Waals surface area (Å²) < 4.78 is 13.0. The van der Waals surface area contributed by atoms with Crippen molar-refractivity contribution in [3.8, 4) is 0 Å². The molecule has 106 valence electrons. The minimum absolute atomic E-state index is 0.131. The van der Waals surface area contributed by atoms with Crippen molar-refractivity contribution in [2.45, 2.75) is 57.4 Å². The summed E-state index contributed by atoms with van der Waals surface area (Å²) in [5.74, 6) is 0.475. The Morgan fingerprint density at radius 2 is 1.89 bits per heavy atom. The normalized spacial score (nSPS) is 19.1. The van der Waals surface area contributed by atoms with Gasteiger partial charge in [-0.05, 0) is 36.5 Å². The van der Waals surface area contributed by atoms with E-state index in [1.165, 1.54) is 50.7 Å². The predicted molar refractivity (Wildman–Crippen MR) is 78.9 cm³/mol. The lowest BCUT2D eigenvalue weighted by atomic mass is 9.90. The molecule has 0 aromatic heterocycles. The van der Waals surface area contributed by atoms with E-state index in [4.69, 9.17) is 17.3 Å². The van der Waals surface area contributed by atoms with Gasteiger partial charge < -0.3 is 5.73 Å². The number of halogens is 2. The minimum atomic E-state index is -0.286. The SMILES string of the molecule is NC(Cc1ccc(F)cc1Cl)CC1CCCCCC1. The molecule has 19 heavy (non-hydrogen) atoms. The van der Waals surface area contributed by atoms with Crippen LogP contribution in [0.1, 0.15) is 50.5 Å². The van der Waals surface area contributed by atoms with Crippen LogP contribution in [0.15, 0.2) is 18.2 Å². The first kappa shape index (κ1) is 14.8. The Labute approximate surface area is 120 Å². The summed E-state index contributed by atoms with van der Waals surface area (Å²) in [5, 5.41) is 0.497. The van der Waals surface area contributed by atoms with Gasteiger partial charge in [0.15, 0.2) is 0 Å². The average Bonchev–Trinajstić information content (AvgIpc) is 2.61. The summed E-state index contributed by atoms with van der Waals surface area (Å²) in [6, 6.07) is 4.71. The molecule has 1 unspecified atom stereocenters. The van der Waals surface area contributed by atoms with Crippen LogP contribution >= 0.6 is 11.6 Å². The standard InChI is InChI=1S/C16H23ClFN/c17-16-11-14(18)8-7-13(16)10-15(19)9-12-5-3-1-2-4-6-12/h7-8,11-12,15H,1-6,9-10,19H2. The number of benzene rings is 1. The van der Waals surface area contributed by atoms with Gasteiger partial charge in [-0.3, -0.25) is 0 Å². The van der Waals surface area contributed by atoms with Crippen molar-refractivity contribution in [1.29, 1.82) is 0 Å². The third-order valence-electron chi connectivity index (χ3n) is 4.11. The largest absolute Gasteiger partial charge is 0.327 e. The quantitative estimate of drug-likeness (QED) is 0.796. The van der Waals surface area contributed by atoms with E-state index >= 15 is 0 Å². The Bertz CT molecular complexity index is 400. The number of hydrogen-bond acceptors (Lipinski definition) is 1. The molecule has 0 amide bonds. The van der Waals surface area contributed by atoms with E-state index in [1.807, 2.05) is 0 Å². The summed E-state index contributed by atoms with van der Waals surface area (Å²) in [4.78, 5) is 0. The zero-order valence-electron chi connectivity index (χ0n) is 11.4. The Morgan fingerprint density at radius 1 is 1.21 bits per heavy atom. The number of hydrogen-bond donors (Lipinski definition) is 1. The molecule has 2 N–H and O–H groups in total. The second-order valence-corrected chi connectivity index (χ2v) is 6.20. The molecule has 0 bridgehead atoms. The zero-order chi connectivity index (χ0) is 13.7. The Kier molecular flexibility index (Phi) is 5.65. The lowest BCUT2D eigenvalue weighted by molar-refractivity contribution is 0.387. The second kappa shape index (κ2) is 7.25. The molecule has 1 fully saturated rings. The van der Waals surface area contributed by atoms with Gasteiger partial charge in [0.1, 0.15) is 5.82 Å². The van der Waals surface area contributed by atoms with Crippen LogP contribution in [0.25, 0.3) is 0 Å². The average molecular weight is 284 g/mol. The Morgan fingerprint density at radius 3 is 2.53 bits per heavy atom. The summed E-state index contributed by atoms with van der Waals surface area (Å²) in [5.41, 5.74) is 7.20. The lowest BCUT2D eigenvalue weighted by Gasteiger charge is -2.19. The van der Waals surface area contributed by atoms with Crippen LogP contribution in [-0.2, 0) is 6.42 Å². The molecule has 3 heteroatoms. The first-order valence-electron chi connectivity index (χ1n) is 7.34. The van der Waals surface area contributed by atoms with Crippen LogP contribution < -0.4 is 5.73 Å². The maximum absolute atomic E-state index is 13.0. The van der Waals surface area contributed by atoms with E-state index in [9.17, 15) is 4.39 Å². The molecule has 1 nitrogen and oxygen atoms in total. The molecule has 2 rings (SSSR count). The van der Waals surface area contributed by atoms with Gasteiger partial charge in [-0.15, -0.1) is 0 Å². The van der Waals surface area contributed by atoms with Crippen molar-refractivity contribution in [2.24, 2.45) is 11.7 Å². The predicted octanol–water partition coefficient (Wildman–Crippen LogP) is 4.71. The highest BCUT2D eigenvalue weighted by atomic mass is 35.5. The highest BCUT2D eigenvalue weighted by Crippen LogP contribution is 2.27. The first-order valence-corrected chi connectivity index (χ1v) is 7.72. The fraction of sp³-hybridized carbons (Fsp3) is 0.625. The smallest absolute Gasteiger partial charge is 0.124 e. The van der Waals surface area contributed by atoms with Gasteiger partial charge >= 0.3 is 0 Å². The van der Waals surface area contributed by atoms with Crippen molar-refractivity contribution in [3.63, 3.8) is 0 Å². The fourth-order valence-electron chi connectivity index (χ4n) is 3.08. The van der Waals surface area contributed by atoms with E-state index in [-0.39, 0.29) is 11.9 Å². The first-order chi connectivity index (χ1) is 9.15.